The van der Waals surface area contributed by atoms with Crippen molar-refractivity contribution >= 4 is 34.4 Å². The molecular formula is C11H11F3N4OS. The average molecular weight is 304 g/mol. The van der Waals surface area contributed by atoms with Gasteiger partial charge in [0.1, 0.15) is 6.54 Å². The molecule has 0 aliphatic heterocycles. The van der Waals surface area contributed by atoms with Gasteiger partial charge in [0.25, 0.3) is 0 Å². The number of nitrogens with zero attached hydrogens (tertiary/aromatic N) is 1. The van der Waals surface area contributed by atoms with Crippen LogP contribution in [0.3, 0.4) is 0 Å². The predicted octanol–water partition coefficient (Wildman–Crippen LogP) is 1.92. The molecule has 5 nitrogen and oxygen atoms in total. The molecule has 9 heteroatoms. The first-order valence-electron chi connectivity index (χ1n) is 5.55. The quantitative estimate of drug-likeness (QED) is 0.595. The van der Waals surface area contributed by atoms with E-state index in [2.05, 4.69) is 9.97 Å². The molecule has 0 spiro atoms. The van der Waals surface area contributed by atoms with E-state index in [9.17, 15) is 18.0 Å². The van der Waals surface area contributed by atoms with Crippen molar-refractivity contribution in [3.63, 3.8) is 0 Å². The predicted molar refractivity (Wildman–Crippen MR) is 70.3 cm³/mol. The van der Waals surface area contributed by atoms with Crippen LogP contribution in [0.1, 0.15) is 0 Å². The number of halogens is 3. The molecule has 0 saturated heterocycles. The Labute approximate surface area is 116 Å². The number of amides is 1. The number of hydrogen-bond acceptors (Lipinski definition) is 4. The van der Waals surface area contributed by atoms with Crippen molar-refractivity contribution in [2.45, 2.75) is 11.3 Å². The third-order valence-electron chi connectivity index (χ3n) is 2.31. The Morgan fingerprint density at radius 1 is 1.45 bits per heavy atom. The van der Waals surface area contributed by atoms with Crippen LogP contribution in [0, 0.1) is 0 Å². The van der Waals surface area contributed by atoms with Crippen LogP contribution in [-0.4, -0.2) is 34.3 Å². The molecule has 0 saturated carbocycles. The van der Waals surface area contributed by atoms with Crippen molar-refractivity contribution < 1.29 is 18.0 Å². The Kier molecular flexibility index (Phi) is 4.07. The molecule has 0 atom stereocenters. The van der Waals surface area contributed by atoms with E-state index in [0.29, 0.717) is 21.9 Å². The Hall–Kier alpha value is -1.90. The molecule has 0 radical (unpaired) electrons. The number of nitrogens with two attached hydrogens (primary N) is 1. The summed E-state index contributed by atoms with van der Waals surface area (Å²) in [6, 6.07) is 5.10. The molecule has 108 valence electrons. The van der Waals surface area contributed by atoms with Crippen LogP contribution in [0.4, 0.5) is 18.9 Å². The molecule has 1 amide bonds. The number of H-pyrrole nitrogens is 1. The van der Waals surface area contributed by atoms with Crippen molar-refractivity contribution in [3.8, 4) is 0 Å². The fourth-order valence-electron chi connectivity index (χ4n) is 1.46. The number of fused-ring (bicyclic) bond motifs is 1. The van der Waals surface area contributed by atoms with Crippen LogP contribution in [0.5, 0.6) is 0 Å². The summed E-state index contributed by atoms with van der Waals surface area (Å²) >= 11 is 1.02. The fourth-order valence-corrected chi connectivity index (χ4v) is 2.17. The highest BCUT2D eigenvalue weighted by atomic mass is 32.2. The van der Waals surface area contributed by atoms with Crippen molar-refractivity contribution in [1.82, 2.24) is 15.3 Å². The Morgan fingerprint density at radius 3 is 2.90 bits per heavy atom. The largest absolute Gasteiger partial charge is 0.405 e. The highest BCUT2D eigenvalue weighted by molar-refractivity contribution is 7.99. The minimum atomic E-state index is -4.41. The standard InChI is InChI=1S/C11H11F3N4OS/c12-11(13,14)5-16-9(19)4-20-10-17-7-2-1-6(15)3-8(7)18-10/h1-3H,4-5,15H2,(H,16,19)(H,17,18). The summed E-state index contributed by atoms with van der Waals surface area (Å²) in [5.41, 5.74) is 7.57. The van der Waals surface area contributed by atoms with Gasteiger partial charge in [-0.3, -0.25) is 4.79 Å². The van der Waals surface area contributed by atoms with Gasteiger partial charge in [-0.05, 0) is 18.2 Å². The molecular weight excluding hydrogens is 293 g/mol. The molecule has 20 heavy (non-hydrogen) atoms. The number of imidazole rings is 1. The van der Waals surface area contributed by atoms with Crippen LogP contribution >= 0.6 is 11.8 Å². The minimum absolute atomic E-state index is 0.147. The van der Waals surface area contributed by atoms with Crippen molar-refractivity contribution in [2.75, 3.05) is 18.0 Å². The van der Waals surface area contributed by atoms with Gasteiger partial charge in [-0.25, -0.2) is 4.98 Å². The zero-order valence-electron chi connectivity index (χ0n) is 10.1. The summed E-state index contributed by atoms with van der Waals surface area (Å²) in [4.78, 5) is 18.4. The number of aromatic nitrogens is 2. The molecule has 0 aliphatic rings. The van der Waals surface area contributed by atoms with E-state index >= 15 is 0 Å². The third kappa shape index (κ3) is 4.05. The molecule has 2 rings (SSSR count). The third-order valence-corrected chi connectivity index (χ3v) is 3.18. The molecule has 4 N–H and O–H groups in total. The minimum Gasteiger partial charge on any atom is -0.399 e. The number of thioether (sulfide) groups is 1. The van der Waals surface area contributed by atoms with Gasteiger partial charge < -0.3 is 16.0 Å². The summed E-state index contributed by atoms with van der Waals surface area (Å²) in [6.45, 7) is -1.33. The summed E-state index contributed by atoms with van der Waals surface area (Å²) in [6.07, 6.45) is -4.41. The molecule has 0 unspecified atom stereocenters. The molecule has 1 heterocycles. The maximum absolute atomic E-state index is 11.9. The monoisotopic (exact) mass is 304 g/mol. The van der Waals surface area contributed by atoms with Gasteiger partial charge >= 0.3 is 6.18 Å². The smallest absolute Gasteiger partial charge is 0.399 e. The number of benzene rings is 1. The van der Waals surface area contributed by atoms with E-state index < -0.39 is 18.6 Å². The first-order valence-corrected chi connectivity index (χ1v) is 6.53. The van der Waals surface area contributed by atoms with Crippen molar-refractivity contribution in [2.24, 2.45) is 0 Å². The normalized spacial score (nSPS) is 11.8. The lowest BCUT2D eigenvalue weighted by molar-refractivity contribution is -0.136. The van der Waals surface area contributed by atoms with E-state index in [1.807, 2.05) is 0 Å². The Bertz CT molecular complexity index is 626. The fraction of sp³-hybridized carbons (Fsp3) is 0.273. The first kappa shape index (κ1) is 14.5. The number of carbonyl (C=O) groups is 1. The van der Waals surface area contributed by atoms with Crippen molar-refractivity contribution in [3.05, 3.63) is 18.2 Å². The SMILES string of the molecule is Nc1ccc2nc(SCC(=O)NCC(F)(F)F)[nH]c2c1. The number of hydrogen-bond donors (Lipinski definition) is 3. The first-order chi connectivity index (χ1) is 9.33. The number of carbonyl (C=O) groups excluding carboxylic acids is 1. The zero-order valence-corrected chi connectivity index (χ0v) is 10.9. The summed E-state index contributed by atoms with van der Waals surface area (Å²) in [5.74, 6) is -0.849. The summed E-state index contributed by atoms with van der Waals surface area (Å²) in [5, 5.41) is 2.24. The van der Waals surface area contributed by atoms with Gasteiger partial charge in [0, 0.05) is 5.69 Å². The van der Waals surface area contributed by atoms with Crippen LogP contribution in [-0.2, 0) is 4.79 Å². The topological polar surface area (TPSA) is 83.8 Å². The lowest BCUT2D eigenvalue weighted by Gasteiger charge is -2.07. The van der Waals surface area contributed by atoms with Gasteiger partial charge in [0.05, 0.1) is 16.8 Å². The molecule has 1 aromatic heterocycles. The van der Waals surface area contributed by atoms with E-state index in [4.69, 9.17) is 5.73 Å². The van der Waals surface area contributed by atoms with E-state index in [1.165, 1.54) is 0 Å². The maximum Gasteiger partial charge on any atom is 0.405 e. The molecule has 0 fully saturated rings. The second-order valence-corrected chi connectivity index (χ2v) is 4.96. The highest BCUT2D eigenvalue weighted by Crippen LogP contribution is 2.21. The Balaban J connectivity index is 1.91. The number of nitrogens with one attached hydrogen (secondary N) is 2. The summed E-state index contributed by atoms with van der Waals surface area (Å²) in [7, 11) is 0. The van der Waals surface area contributed by atoms with Gasteiger partial charge in [-0.15, -0.1) is 0 Å². The maximum atomic E-state index is 11.9. The molecule has 1 aromatic carbocycles. The molecule has 2 aromatic rings. The van der Waals surface area contributed by atoms with E-state index in [0.717, 1.165) is 11.8 Å². The molecule has 0 bridgehead atoms. The van der Waals surface area contributed by atoms with Crippen LogP contribution < -0.4 is 11.1 Å². The number of aromatic amines is 1. The van der Waals surface area contributed by atoms with Crippen LogP contribution in [0.25, 0.3) is 11.0 Å². The van der Waals surface area contributed by atoms with E-state index in [-0.39, 0.29) is 5.75 Å². The second-order valence-electron chi connectivity index (χ2n) is 4.00. The number of anilines is 1. The Morgan fingerprint density at radius 2 is 2.20 bits per heavy atom. The van der Waals surface area contributed by atoms with Crippen molar-refractivity contribution in [1.29, 1.82) is 0 Å². The number of nitrogen functional groups attached to an aromatic ring is 1. The van der Waals surface area contributed by atoms with Crippen LogP contribution in [0.15, 0.2) is 23.4 Å². The summed E-state index contributed by atoms with van der Waals surface area (Å²) < 4.78 is 35.7. The molecule has 0 aliphatic carbocycles. The zero-order chi connectivity index (χ0) is 14.8. The van der Waals surface area contributed by atoms with E-state index in [1.54, 1.807) is 23.5 Å². The van der Waals surface area contributed by atoms with Gasteiger partial charge in [0.15, 0.2) is 5.16 Å². The second kappa shape index (κ2) is 5.61. The van der Waals surface area contributed by atoms with Crippen LogP contribution in [0.2, 0.25) is 0 Å². The van der Waals surface area contributed by atoms with Gasteiger partial charge in [-0.2, -0.15) is 13.2 Å². The average Bonchev–Trinajstić information content (AvgIpc) is 2.75. The highest BCUT2D eigenvalue weighted by Gasteiger charge is 2.27. The van der Waals surface area contributed by atoms with Gasteiger partial charge in [0.2, 0.25) is 5.91 Å². The lowest BCUT2D eigenvalue weighted by atomic mass is 10.3. The lowest BCUT2D eigenvalue weighted by Crippen LogP contribution is -2.34. The van der Waals surface area contributed by atoms with Gasteiger partial charge in [-0.1, -0.05) is 11.8 Å². The number of alkyl halides is 3. The number of rotatable bonds is 4.